The van der Waals surface area contributed by atoms with Crippen LogP contribution in [0.1, 0.15) is 27.2 Å². The molecule has 0 spiro atoms. The zero-order valence-electron chi connectivity index (χ0n) is 9.70. The molecule has 1 N–H and O–H groups in total. The summed E-state index contributed by atoms with van der Waals surface area (Å²) in [6, 6.07) is -0.627. The van der Waals surface area contributed by atoms with Crippen LogP contribution >= 0.6 is 0 Å². The van der Waals surface area contributed by atoms with Crippen LogP contribution in [-0.2, 0) is 14.3 Å². The zero-order valence-corrected chi connectivity index (χ0v) is 9.70. The number of methoxy groups -OCH3 is 1. The molecule has 0 saturated heterocycles. The van der Waals surface area contributed by atoms with E-state index >= 15 is 0 Å². The maximum Gasteiger partial charge on any atom is 0.407 e. The summed E-state index contributed by atoms with van der Waals surface area (Å²) < 4.78 is 9.27. The monoisotopic (exact) mass is 217 g/mol. The van der Waals surface area contributed by atoms with Gasteiger partial charge in [0.2, 0.25) is 0 Å². The summed E-state index contributed by atoms with van der Waals surface area (Å²) >= 11 is 0. The molecular formula is C10H19NO4. The van der Waals surface area contributed by atoms with Gasteiger partial charge in [0, 0.05) is 0 Å². The highest BCUT2D eigenvalue weighted by Crippen LogP contribution is 2.06. The van der Waals surface area contributed by atoms with Gasteiger partial charge in [-0.1, -0.05) is 13.8 Å². The van der Waals surface area contributed by atoms with Crippen LogP contribution in [0.4, 0.5) is 4.79 Å². The van der Waals surface area contributed by atoms with Gasteiger partial charge < -0.3 is 14.8 Å². The average Bonchev–Trinajstić information content (AvgIpc) is 2.16. The lowest BCUT2D eigenvalue weighted by molar-refractivity contribution is -0.145. The van der Waals surface area contributed by atoms with Gasteiger partial charge in [-0.05, 0) is 19.3 Å². The summed E-state index contributed by atoms with van der Waals surface area (Å²) in [6.45, 7) is 5.95. The molecule has 15 heavy (non-hydrogen) atoms. The minimum atomic E-state index is -0.627. The van der Waals surface area contributed by atoms with E-state index < -0.39 is 18.1 Å². The molecule has 1 atom stereocenters. The van der Waals surface area contributed by atoms with Crippen LogP contribution in [0.2, 0.25) is 0 Å². The van der Waals surface area contributed by atoms with Crippen molar-refractivity contribution in [1.29, 1.82) is 0 Å². The van der Waals surface area contributed by atoms with Crippen molar-refractivity contribution in [3.8, 4) is 0 Å². The van der Waals surface area contributed by atoms with Gasteiger partial charge in [0.15, 0.2) is 0 Å². The third kappa shape index (κ3) is 5.93. The van der Waals surface area contributed by atoms with Gasteiger partial charge in [-0.2, -0.15) is 0 Å². The van der Waals surface area contributed by atoms with Gasteiger partial charge in [0.1, 0.15) is 6.04 Å². The van der Waals surface area contributed by atoms with Gasteiger partial charge in [-0.3, -0.25) is 0 Å². The van der Waals surface area contributed by atoms with Gasteiger partial charge in [-0.25, -0.2) is 9.59 Å². The van der Waals surface area contributed by atoms with Crippen LogP contribution in [0.15, 0.2) is 0 Å². The fraction of sp³-hybridized carbons (Fsp3) is 0.800. The van der Waals surface area contributed by atoms with Crippen molar-refractivity contribution in [3.05, 3.63) is 0 Å². The van der Waals surface area contributed by atoms with Crippen molar-refractivity contribution < 1.29 is 19.1 Å². The lowest BCUT2D eigenvalue weighted by Crippen LogP contribution is -2.42. The van der Waals surface area contributed by atoms with E-state index in [1.165, 1.54) is 7.11 Å². The quantitative estimate of drug-likeness (QED) is 0.705. The van der Waals surface area contributed by atoms with E-state index in [9.17, 15) is 9.59 Å². The summed E-state index contributed by atoms with van der Waals surface area (Å²) in [4.78, 5) is 22.4. The van der Waals surface area contributed by atoms with E-state index in [0.717, 1.165) is 0 Å². The van der Waals surface area contributed by atoms with Gasteiger partial charge in [0.05, 0.1) is 13.7 Å². The number of ether oxygens (including phenoxy) is 2. The number of carbonyl (C=O) groups is 2. The molecule has 0 saturated carbocycles. The first-order valence-electron chi connectivity index (χ1n) is 5.02. The summed E-state index contributed by atoms with van der Waals surface area (Å²) in [7, 11) is 1.26. The Morgan fingerprint density at radius 3 is 2.33 bits per heavy atom. The summed E-state index contributed by atoms with van der Waals surface area (Å²) in [5, 5.41) is 2.45. The molecule has 0 heterocycles. The Kier molecular flexibility index (Phi) is 6.49. The molecule has 5 nitrogen and oxygen atoms in total. The predicted molar refractivity (Wildman–Crippen MR) is 55.4 cm³/mol. The summed E-state index contributed by atoms with van der Waals surface area (Å²) in [5.74, 6) is -0.131. The number of alkyl carbamates (subject to hydrolysis) is 1. The van der Waals surface area contributed by atoms with Crippen molar-refractivity contribution in [2.75, 3.05) is 13.7 Å². The van der Waals surface area contributed by atoms with Gasteiger partial charge >= 0.3 is 12.1 Å². The molecule has 88 valence electrons. The lowest BCUT2D eigenvalue weighted by atomic mass is 10.0. The number of rotatable bonds is 5. The van der Waals surface area contributed by atoms with Gasteiger partial charge in [0.25, 0.3) is 0 Å². The molecule has 0 rings (SSSR count). The number of hydrogen-bond acceptors (Lipinski definition) is 4. The van der Waals surface area contributed by atoms with Crippen LogP contribution in [0, 0.1) is 5.92 Å². The minimum absolute atomic E-state index is 0.288. The van der Waals surface area contributed by atoms with E-state index in [0.29, 0.717) is 13.0 Å². The van der Waals surface area contributed by atoms with Crippen LogP contribution in [0.5, 0.6) is 0 Å². The number of nitrogens with one attached hydrogen (secondary N) is 1. The second-order valence-corrected chi connectivity index (χ2v) is 3.57. The molecule has 0 aliphatic carbocycles. The van der Waals surface area contributed by atoms with Crippen molar-refractivity contribution in [3.63, 3.8) is 0 Å². The van der Waals surface area contributed by atoms with Crippen molar-refractivity contribution in [2.45, 2.75) is 33.2 Å². The topological polar surface area (TPSA) is 64.6 Å². The Morgan fingerprint density at radius 1 is 1.33 bits per heavy atom. The molecule has 0 aliphatic rings. The highest BCUT2D eigenvalue weighted by molar-refractivity contribution is 5.81. The number of carbonyl (C=O) groups excluding carboxylic acids is 2. The Labute approximate surface area is 90.1 Å². The molecule has 5 heteroatoms. The molecule has 0 aromatic rings. The molecule has 0 bridgehead atoms. The standard InChI is InChI=1S/C10H19NO4/c1-5-15-9(12)8(6-7(2)3)11-10(13)14-4/h7-8H,5-6H2,1-4H3,(H,11,13). The largest absolute Gasteiger partial charge is 0.464 e. The highest BCUT2D eigenvalue weighted by atomic mass is 16.5. The molecule has 0 aliphatic heterocycles. The lowest BCUT2D eigenvalue weighted by Gasteiger charge is -2.17. The van der Waals surface area contributed by atoms with Crippen LogP contribution in [-0.4, -0.2) is 31.8 Å². The molecule has 0 aromatic carbocycles. The Morgan fingerprint density at radius 2 is 1.93 bits per heavy atom. The van der Waals surface area contributed by atoms with E-state index in [4.69, 9.17) is 4.74 Å². The van der Waals surface area contributed by atoms with E-state index in [1.54, 1.807) is 6.92 Å². The maximum atomic E-state index is 11.4. The van der Waals surface area contributed by atoms with E-state index in [-0.39, 0.29) is 5.92 Å². The predicted octanol–water partition coefficient (Wildman–Crippen LogP) is 1.32. The zero-order chi connectivity index (χ0) is 11.8. The molecule has 0 aromatic heterocycles. The van der Waals surface area contributed by atoms with Crippen molar-refractivity contribution in [1.82, 2.24) is 5.32 Å². The van der Waals surface area contributed by atoms with Crippen molar-refractivity contribution >= 4 is 12.1 Å². The van der Waals surface area contributed by atoms with Crippen LogP contribution < -0.4 is 5.32 Å². The summed E-state index contributed by atoms with van der Waals surface area (Å²) in [5.41, 5.74) is 0. The van der Waals surface area contributed by atoms with E-state index in [1.807, 2.05) is 13.8 Å². The number of hydrogen-bond donors (Lipinski definition) is 1. The third-order valence-electron chi connectivity index (χ3n) is 1.76. The van der Waals surface area contributed by atoms with Crippen LogP contribution in [0.25, 0.3) is 0 Å². The molecule has 0 fully saturated rings. The smallest absolute Gasteiger partial charge is 0.407 e. The molecule has 0 radical (unpaired) electrons. The molecule has 1 unspecified atom stereocenters. The minimum Gasteiger partial charge on any atom is -0.464 e. The first kappa shape index (κ1) is 13.7. The number of esters is 1. The molecular weight excluding hydrogens is 198 g/mol. The Balaban J connectivity index is 4.29. The average molecular weight is 217 g/mol. The first-order valence-corrected chi connectivity index (χ1v) is 5.02. The van der Waals surface area contributed by atoms with Crippen LogP contribution in [0.3, 0.4) is 0 Å². The Bertz CT molecular complexity index is 215. The van der Waals surface area contributed by atoms with Crippen molar-refractivity contribution in [2.24, 2.45) is 5.92 Å². The normalized spacial score (nSPS) is 12.1. The molecule has 1 amide bonds. The maximum absolute atomic E-state index is 11.4. The van der Waals surface area contributed by atoms with E-state index in [2.05, 4.69) is 10.1 Å². The fourth-order valence-corrected chi connectivity index (χ4v) is 1.13. The SMILES string of the molecule is CCOC(=O)C(CC(C)C)NC(=O)OC. The Hall–Kier alpha value is -1.26. The summed E-state index contributed by atoms with van der Waals surface area (Å²) in [6.07, 6.45) is -0.0813. The third-order valence-corrected chi connectivity index (χ3v) is 1.76. The first-order chi connectivity index (χ1) is 7.01. The highest BCUT2D eigenvalue weighted by Gasteiger charge is 2.23. The van der Waals surface area contributed by atoms with Gasteiger partial charge in [-0.15, -0.1) is 0 Å². The fourth-order valence-electron chi connectivity index (χ4n) is 1.13. The second kappa shape index (κ2) is 7.09. The number of amides is 1. The second-order valence-electron chi connectivity index (χ2n) is 3.57.